The van der Waals surface area contributed by atoms with Gasteiger partial charge in [-0.1, -0.05) is 29.0 Å². The number of nitrogens with zero attached hydrogens (tertiary/aromatic N) is 2. The van der Waals surface area contributed by atoms with Gasteiger partial charge in [0.25, 0.3) is 15.9 Å². The number of hydrogen-bond acceptors (Lipinski definition) is 5. The summed E-state index contributed by atoms with van der Waals surface area (Å²) >= 11 is 0.699. The zero-order chi connectivity index (χ0) is 18.2. The number of aromatic nitrogens is 1. The second kappa shape index (κ2) is 6.74. The minimum Gasteiger partial charge on any atom is -0.336 e. The summed E-state index contributed by atoms with van der Waals surface area (Å²) < 4.78 is 26.7. The number of H-pyrrole nitrogens is 1. The van der Waals surface area contributed by atoms with Crippen LogP contribution < -0.4 is 4.87 Å². The van der Waals surface area contributed by atoms with Gasteiger partial charge in [0.2, 0.25) is 0 Å². The Balaban J connectivity index is 1.71. The van der Waals surface area contributed by atoms with Crippen molar-refractivity contribution in [1.29, 1.82) is 0 Å². The molecule has 25 heavy (non-hydrogen) atoms. The van der Waals surface area contributed by atoms with Crippen molar-refractivity contribution in [3.8, 4) is 0 Å². The Hall–Kier alpha value is -1.97. The molecule has 0 radical (unpaired) electrons. The number of carbonyl (C=O) groups is 1. The van der Waals surface area contributed by atoms with Gasteiger partial charge in [0.15, 0.2) is 4.21 Å². The molecule has 2 aromatic rings. The molecule has 0 atom stereocenters. The van der Waals surface area contributed by atoms with Crippen LogP contribution in [0.25, 0.3) is 0 Å². The molecule has 134 valence electrons. The molecule has 9 heteroatoms. The first kappa shape index (κ1) is 17.8. The van der Waals surface area contributed by atoms with Crippen LogP contribution in [0.5, 0.6) is 0 Å². The zero-order valence-corrected chi connectivity index (χ0v) is 15.6. The highest BCUT2D eigenvalue weighted by atomic mass is 32.2. The molecule has 2 heterocycles. The Kier molecular flexibility index (Phi) is 4.81. The van der Waals surface area contributed by atoms with Crippen molar-refractivity contribution >= 4 is 27.3 Å². The second-order valence-electron chi connectivity index (χ2n) is 5.99. The van der Waals surface area contributed by atoms with E-state index in [-0.39, 0.29) is 28.1 Å². The Labute approximate surface area is 150 Å². The SMILES string of the molecule is Cc1ccc(C(=O)N2CCN(S(=O)(=O)c3sc(=O)[nH]c3C)CC2)cc1. The van der Waals surface area contributed by atoms with E-state index in [2.05, 4.69) is 4.98 Å². The van der Waals surface area contributed by atoms with Crippen LogP contribution in [-0.4, -0.2) is 54.7 Å². The van der Waals surface area contributed by atoms with Gasteiger partial charge in [-0.25, -0.2) is 8.42 Å². The fraction of sp³-hybridized carbons (Fsp3) is 0.375. The van der Waals surface area contributed by atoms with E-state index in [0.29, 0.717) is 35.7 Å². The standard InChI is InChI=1S/C16H19N3O4S2/c1-11-3-5-13(6-4-11)14(20)18-7-9-19(10-8-18)25(22,23)15-12(2)17-16(21)24-15/h3-6H,7-10H2,1-2H3,(H,17,21). The molecule has 7 nitrogen and oxygen atoms in total. The third kappa shape index (κ3) is 3.53. The van der Waals surface area contributed by atoms with E-state index in [4.69, 9.17) is 0 Å². The Morgan fingerprint density at radius 2 is 1.68 bits per heavy atom. The average Bonchev–Trinajstić information content (AvgIpc) is 2.94. The number of amides is 1. The zero-order valence-electron chi connectivity index (χ0n) is 14.0. The number of sulfonamides is 1. The van der Waals surface area contributed by atoms with Gasteiger partial charge in [0, 0.05) is 37.4 Å². The summed E-state index contributed by atoms with van der Waals surface area (Å²) in [6, 6.07) is 7.32. The van der Waals surface area contributed by atoms with Crippen molar-refractivity contribution in [1.82, 2.24) is 14.2 Å². The van der Waals surface area contributed by atoms with Crippen molar-refractivity contribution < 1.29 is 13.2 Å². The Morgan fingerprint density at radius 3 is 2.20 bits per heavy atom. The predicted octanol–water partition coefficient (Wildman–Crippen LogP) is 1.20. The van der Waals surface area contributed by atoms with E-state index in [0.717, 1.165) is 5.56 Å². The number of thiazole rings is 1. The molecule has 1 amide bonds. The van der Waals surface area contributed by atoms with Crippen molar-refractivity contribution in [3.63, 3.8) is 0 Å². The number of hydrogen-bond donors (Lipinski definition) is 1. The fourth-order valence-electron chi connectivity index (χ4n) is 2.76. The molecule has 1 aromatic heterocycles. The summed E-state index contributed by atoms with van der Waals surface area (Å²) in [6.45, 7) is 4.60. The van der Waals surface area contributed by atoms with Gasteiger partial charge in [-0.15, -0.1) is 0 Å². The van der Waals surface area contributed by atoms with Gasteiger partial charge in [-0.3, -0.25) is 9.59 Å². The summed E-state index contributed by atoms with van der Waals surface area (Å²) in [5.41, 5.74) is 2.03. The van der Waals surface area contributed by atoms with Crippen molar-refractivity contribution in [2.24, 2.45) is 0 Å². The lowest BCUT2D eigenvalue weighted by Gasteiger charge is -2.33. The average molecular weight is 381 g/mol. The van der Waals surface area contributed by atoms with Gasteiger partial charge in [-0.2, -0.15) is 4.31 Å². The Bertz CT molecular complexity index is 937. The molecule has 0 spiro atoms. The minimum atomic E-state index is -3.71. The number of aryl methyl sites for hydroxylation is 2. The van der Waals surface area contributed by atoms with Crippen LogP contribution in [0, 0.1) is 13.8 Å². The van der Waals surface area contributed by atoms with Crippen molar-refractivity contribution in [3.05, 3.63) is 50.8 Å². The minimum absolute atomic E-state index is 0.0517. The van der Waals surface area contributed by atoms with Crippen LogP contribution in [0.2, 0.25) is 0 Å². The highest BCUT2D eigenvalue weighted by molar-refractivity contribution is 7.91. The molecule has 0 aliphatic carbocycles. The van der Waals surface area contributed by atoms with Crippen LogP contribution in [0.3, 0.4) is 0 Å². The van der Waals surface area contributed by atoms with Gasteiger partial charge in [0.05, 0.1) is 0 Å². The molecule has 1 saturated heterocycles. The summed E-state index contributed by atoms with van der Waals surface area (Å²) in [4.78, 5) is 27.7. The fourth-order valence-corrected chi connectivity index (χ4v) is 5.62. The quantitative estimate of drug-likeness (QED) is 0.865. The molecular formula is C16H19N3O4S2. The van der Waals surface area contributed by atoms with E-state index < -0.39 is 10.0 Å². The topological polar surface area (TPSA) is 90.6 Å². The maximum atomic E-state index is 12.7. The van der Waals surface area contributed by atoms with Crippen LogP contribution in [0.4, 0.5) is 0 Å². The lowest BCUT2D eigenvalue weighted by Crippen LogP contribution is -2.50. The number of carbonyl (C=O) groups excluding carboxylic acids is 1. The smallest absolute Gasteiger partial charge is 0.305 e. The van der Waals surface area contributed by atoms with E-state index in [1.165, 1.54) is 4.31 Å². The molecular weight excluding hydrogens is 362 g/mol. The molecule has 1 aromatic carbocycles. The third-order valence-corrected chi connectivity index (χ3v) is 7.66. The maximum Gasteiger partial charge on any atom is 0.305 e. The van der Waals surface area contributed by atoms with Gasteiger partial charge >= 0.3 is 4.87 Å². The van der Waals surface area contributed by atoms with Crippen LogP contribution >= 0.6 is 11.3 Å². The van der Waals surface area contributed by atoms with Gasteiger partial charge in [-0.05, 0) is 26.0 Å². The second-order valence-corrected chi connectivity index (χ2v) is 9.11. The molecule has 1 aliphatic rings. The molecule has 0 saturated carbocycles. The molecule has 1 fully saturated rings. The molecule has 1 N–H and O–H groups in total. The van der Waals surface area contributed by atoms with E-state index >= 15 is 0 Å². The number of aromatic amines is 1. The summed E-state index contributed by atoms with van der Waals surface area (Å²) in [6.07, 6.45) is 0. The highest BCUT2D eigenvalue weighted by Gasteiger charge is 2.32. The van der Waals surface area contributed by atoms with Gasteiger partial charge < -0.3 is 9.88 Å². The van der Waals surface area contributed by atoms with Crippen LogP contribution in [0.1, 0.15) is 21.6 Å². The number of nitrogens with one attached hydrogen (secondary N) is 1. The highest BCUT2D eigenvalue weighted by Crippen LogP contribution is 2.22. The third-order valence-electron chi connectivity index (χ3n) is 4.18. The molecule has 0 bridgehead atoms. The first-order valence-corrected chi connectivity index (χ1v) is 10.1. The summed E-state index contributed by atoms with van der Waals surface area (Å²) in [5.74, 6) is -0.0977. The first-order valence-electron chi connectivity index (χ1n) is 7.85. The number of rotatable bonds is 3. The van der Waals surface area contributed by atoms with E-state index in [9.17, 15) is 18.0 Å². The van der Waals surface area contributed by atoms with Gasteiger partial charge in [0.1, 0.15) is 0 Å². The summed E-state index contributed by atoms with van der Waals surface area (Å²) in [7, 11) is -3.71. The van der Waals surface area contributed by atoms with E-state index in [1.54, 1.807) is 24.0 Å². The summed E-state index contributed by atoms with van der Waals surface area (Å²) in [5, 5.41) is 0. The maximum absolute atomic E-state index is 12.7. The van der Waals surface area contributed by atoms with Crippen LogP contribution in [-0.2, 0) is 10.0 Å². The van der Waals surface area contributed by atoms with Crippen LogP contribution in [0.15, 0.2) is 33.3 Å². The van der Waals surface area contributed by atoms with Crippen molar-refractivity contribution in [2.75, 3.05) is 26.2 Å². The monoisotopic (exact) mass is 381 g/mol. The molecule has 1 aliphatic heterocycles. The number of benzene rings is 1. The lowest BCUT2D eigenvalue weighted by molar-refractivity contribution is 0.0698. The largest absolute Gasteiger partial charge is 0.336 e. The molecule has 0 unspecified atom stereocenters. The lowest BCUT2D eigenvalue weighted by atomic mass is 10.1. The predicted molar refractivity (Wildman–Crippen MR) is 95.5 cm³/mol. The Morgan fingerprint density at radius 1 is 1.08 bits per heavy atom. The molecule has 3 rings (SSSR count). The first-order chi connectivity index (χ1) is 11.8. The normalized spacial score (nSPS) is 16.2. The number of piperazine rings is 1. The van der Waals surface area contributed by atoms with Crippen molar-refractivity contribution in [2.45, 2.75) is 18.1 Å². The van der Waals surface area contributed by atoms with E-state index in [1.807, 2.05) is 19.1 Å².